The lowest BCUT2D eigenvalue weighted by Gasteiger charge is -2.05. The van der Waals surface area contributed by atoms with Gasteiger partial charge in [0.2, 0.25) is 0 Å². The Balaban J connectivity index is 2.35. The Labute approximate surface area is 117 Å². The number of halogens is 2. The summed E-state index contributed by atoms with van der Waals surface area (Å²) in [5, 5.41) is 0. The molecule has 1 heterocycles. The van der Waals surface area contributed by atoms with E-state index in [0.29, 0.717) is 16.7 Å². The second kappa shape index (κ2) is 5.81. The number of hydrogen-bond donors (Lipinski definition) is 0. The van der Waals surface area contributed by atoms with Crippen LogP contribution in [0.5, 0.6) is 0 Å². The van der Waals surface area contributed by atoms with Crippen LogP contribution in [0.2, 0.25) is 0 Å². The molecule has 0 aliphatic heterocycles. The SMILES string of the molecule is O=C(C(=CI)c1cncnc1)c1ccc(F)cc1. The molecule has 0 bridgehead atoms. The van der Waals surface area contributed by atoms with Gasteiger partial charge in [-0.1, -0.05) is 22.6 Å². The molecule has 0 N–H and O–H groups in total. The van der Waals surface area contributed by atoms with Gasteiger partial charge in [0.15, 0.2) is 5.78 Å². The van der Waals surface area contributed by atoms with Crippen LogP contribution in [-0.4, -0.2) is 15.8 Å². The Kier molecular flexibility index (Phi) is 4.14. The van der Waals surface area contributed by atoms with Crippen molar-refractivity contribution in [2.45, 2.75) is 0 Å². The van der Waals surface area contributed by atoms with Crippen LogP contribution in [0.15, 0.2) is 47.1 Å². The molecular formula is C13H8FIN2O. The van der Waals surface area contributed by atoms with Gasteiger partial charge in [0, 0.05) is 29.1 Å². The van der Waals surface area contributed by atoms with Crippen molar-refractivity contribution in [3.63, 3.8) is 0 Å². The van der Waals surface area contributed by atoms with Crippen LogP contribution < -0.4 is 0 Å². The van der Waals surface area contributed by atoms with Gasteiger partial charge < -0.3 is 0 Å². The molecule has 0 amide bonds. The summed E-state index contributed by atoms with van der Waals surface area (Å²) in [4.78, 5) is 20.0. The third kappa shape index (κ3) is 2.79. The summed E-state index contributed by atoms with van der Waals surface area (Å²) in [6, 6.07) is 5.45. The van der Waals surface area contributed by atoms with Gasteiger partial charge in [0.1, 0.15) is 12.1 Å². The summed E-state index contributed by atoms with van der Waals surface area (Å²) < 4.78 is 14.5. The molecule has 0 saturated heterocycles. The fourth-order valence-corrected chi connectivity index (χ4v) is 2.08. The zero-order valence-corrected chi connectivity index (χ0v) is 11.3. The number of Topliss-reactive ketones (excluding diaryl/α,β-unsaturated/α-hetero) is 1. The summed E-state index contributed by atoms with van der Waals surface area (Å²) >= 11 is 1.99. The first-order valence-electron chi connectivity index (χ1n) is 5.08. The van der Waals surface area contributed by atoms with Crippen molar-refractivity contribution >= 4 is 33.9 Å². The molecule has 18 heavy (non-hydrogen) atoms. The number of allylic oxidation sites excluding steroid dienone is 1. The van der Waals surface area contributed by atoms with E-state index in [1.807, 2.05) is 22.6 Å². The molecule has 0 atom stereocenters. The van der Waals surface area contributed by atoms with Gasteiger partial charge >= 0.3 is 0 Å². The number of carbonyl (C=O) groups excluding carboxylic acids is 1. The zero-order chi connectivity index (χ0) is 13.0. The van der Waals surface area contributed by atoms with E-state index in [1.165, 1.54) is 30.6 Å². The van der Waals surface area contributed by atoms with Crippen LogP contribution in [0.25, 0.3) is 5.57 Å². The molecular weight excluding hydrogens is 346 g/mol. The van der Waals surface area contributed by atoms with Crippen molar-refractivity contribution in [1.29, 1.82) is 0 Å². The minimum atomic E-state index is -0.366. The summed E-state index contributed by atoms with van der Waals surface area (Å²) in [5.74, 6) is -0.547. The van der Waals surface area contributed by atoms with Gasteiger partial charge in [-0.05, 0) is 28.3 Å². The molecule has 0 spiro atoms. The minimum absolute atomic E-state index is 0.181. The van der Waals surface area contributed by atoms with Crippen LogP contribution in [-0.2, 0) is 0 Å². The maximum atomic E-state index is 12.8. The lowest BCUT2D eigenvalue weighted by Crippen LogP contribution is -2.03. The summed E-state index contributed by atoms with van der Waals surface area (Å²) in [6.45, 7) is 0. The Bertz CT molecular complexity index is 582. The molecule has 90 valence electrons. The maximum Gasteiger partial charge on any atom is 0.194 e. The monoisotopic (exact) mass is 354 g/mol. The number of benzene rings is 1. The summed E-state index contributed by atoms with van der Waals surface area (Å²) in [6.07, 6.45) is 4.54. The quantitative estimate of drug-likeness (QED) is 0.483. The summed E-state index contributed by atoms with van der Waals surface area (Å²) in [5.41, 5.74) is 1.56. The highest BCUT2D eigenvalue weighted by Crippen LogP contribution is 2.20. The molecule has 0 aliphatic rings. The Morgan fingerprint density at radius 3 is 2.28 bits per heavy atom. The van der Waals surface area contributed by atoms with E-state index < -0.39 is 0 Å². The van der Waals surface area contributed by atoms with E-state index in [-0.39, 0.29) is 11.6 Å². The van der Waals surface area contributed by atoms with Gasteiger partial charge in [0.05, 0.1) is 0 Å². The predicted molar refractivity (Wildman–Crippen MR) is 74.8 cm³/mol. The van der Waals surface area contributed by atoms with Crippen molar-refractivity contribution < 1.29 is 9.18 Å². The molecule has 0 saturated carbocycles. The standard InChI is InChI=1S/C13H8FIN2O/c14-11-3-1-9(2-4-11)13(18)12(5-15)10-6-16-8-17-7-10/h1-8H. The van der Waals surface area contributed by atoms with Crippen molar-refractivity contribution in [3.8, 4) is 0 Å². The molecule has 2 aromatic rings. The highest BCUT2D eigenvalue weighted by Gasteiger charge is 2.14. The molecule has 1 aromatic carbocycles. The topological polar surface area (TPSA) is 42.9 Å². The summed E-state index contributed by atoms with van der Waals surface area (Å²) in [7, 11) is 0. The van der Waals surface area contributed by atoms with E-state index in [1.54, 1.807) is 16.5 Å². The van der Waals surface area contributed by atoms with E-state index in [2.05, 4.69) is 9.97 Å². The molecule has 1 aromatic heterocycles. The lowest BCUT2D eigenvalue weighted by atomic mass is 10.0. The molecule has 0 radical (unpaired) electrons. The Morgan fingerprint density at radius 1 is 1.11 bits per heavy atom. The third-order valence-electron chi connectivity index (χ3n) is 2.33. The van der Waals surface area contributed by atoms with Crippen molar-refractivity contribution in [2.24, 2.45) is 0 Å². The van der Waals surface area contributed by atoms with Crippen molar-refractivity contribution in [2.75, 3.05) is 0 Å². The largest absolute Gasteiger partial charge is 0.289 e. The second-order valence-corrected chi connectivity index (χ2v) is 4.11. The predicted octanol–water partition coefficient (Wildman–Crippen LogP) is 3.27. The number of rotatable bonds is 3. The molecule has 5 heteroatoms. The number of ketones is 1. The van der Waals surface area contributed by atoms with Crippen molar-refractivity contribution in [3.05, 3.63) is 64.0 Å². The van der Waals surface area contributed by atoms with E-state index in [9.17, 15) is 9.18 Å². The van der Waals surface area contributed by atoms with Crippen LogP contribution in [0.4, 0.5) is 4.39 Å². The van der Waals surface area contributed by atoms with Gasteiger partial charge in [0.25, 0.3) is 0 Å². The Morgan fingerprint density at radius 2 is 1.72 bits per heavy atom. The molecule has 3 nitrogen and oxygen atoms in total. The van der Waals surface area contributed by atoms with Crippen molar-refractivity contribution in [1.82, 2.24) is 9.97 Å². The molecule has 0 aliphatic carbocycles. The average Bonchev–Trinajstić information content (AvgIpc) is 2.41. The van der Waals surface area contributed by atoms with Crippen LogP contribution in [0.3, 0.4) is 0 Å². The van der Waals surface area contributed by atoms with Crippen LogP contribution in [0, 0.1) is 5.82 Å². The minimum Gasteiger partial charge on any atom is -0.289 e. The highest BCUT2D eigenvalue weighted by molar-refractivity contribution is 14.1. The van der Waals surface area contributed by atoms with Gasteiger partial charge in [-0.15, -0.1) is 0 Å². The fourth-order valence-electron chi connectivity index (χ4n) is 1.44. The molecule has 0 fully saturated rings. The zero-order valence-electron chi connectivity index (χ0n) is 9.18. The Hall–Kier alpha value is -1.63. The second-order valence-electron chi connectivity index (χ2n) is 3.49. The first kappa shape index (κ1) is 12.8. The number of carbonyl (C=O) groups is 1. The fraction of sp³-hybridized carbons (Fsp3) is 0. The first-order valence-corrected chi connectivity index (χ1v) is 6.33. The average molecular weight is 354 g/mol. The normalized spacial score (nSPS) is 11.3. The number of nitrogens with zero attached hydrogens (tertiary/aromatic N) is 2. The molecule has 0 unspecified atom stereocenters. The molecule has 2 rings (SSSR count). The lowest BCUT2D eigenvalue weighted by molar-refractivity contribution is 0.105. The van der Waals surface area contributed by atoms with Crippen LogP contribution >= 0.6 is 22.6 Å². The number of aromatic nitrogens is 2. The van der Waals surface area contributed by atoms with E-state index >= 15 is 0 Å². The first-order chi connectivity index (χ1) is 8.72. The maximum absolute atomic E-state index is 12.8. The number of hydrogen-bond acceptors (Lipinski definition) is 3. The van der Waals surface area contributed by atoms with E-state index in [0.717, 1.165) is 0 Å². The van der Waals surface area contributed by atoms with E-state index in [4.69, 9.17) is 0 Å². The smallest absolute Gasteiger partial charge is 0.194 e. The third-order valence-corrected chi connectivity index (χ3v) is 2.95. The van der Waals surface area contributed by atoms with Gasteiger partial charge in [-0.3, -0.25) is 4.79 Å². The van der Waals surface area contributed by atoms with Crippen LogP contribution in [0.1, 0.15) is 15.9 Å². The van der Waals surface area contributed by atoms with Gasteiger partial charge in [-0.2, -0.15) is 0 Å². The highest BCUT2D eigenvalue weighted by atomic mass is 127. The van der Waals surface area contributed by atoms with Gasteiger partial charge in [-0.25, -0.2) is 14.4 Å².